The van der Waals surface area contributed by atoms with E-state index >= 15 is 0 Å². The van der Waals surface area contributed by atoms with E-state index in [4.69, 9.17) is 0 Å². The molecule has 0 aromatic carbocycles. The summed E-state index contributed by atoms with van der Waals surface area (Å²) in [4.78, 5) is 22.9. The molecule has 0 bridgehead atoms. The van der Waals surface area contributed by atoms with E-state index in [-0.39, 0.29) is 0 Å². The average Bonchev–Trinajstić information content (AvgIpc) is 2.85. The van der Waals surface area contributed by atoms with Crippen LogP contribution in [0.15, 0.2) is 0 Å². The zero-order chi connectivity index (χ0) is 15.5. The van der Waals surface area contributed by atoms with Gasteiger partial charge >= 0.3 is 0 Å². The Hall–Kier alpha value is -2.43. The van der Waals surface area contributed by atoms with Gasteiger partial charge in [-0.15, -0.1) is 0 Å². The molecule has 3 rings (SSSR count). The summed E-state index contributed by atoms with van der Waals surface area (Å²) in [5, 5.41) is 6.59. The van der Waals surface area contributed by atoms with Gasteiger partial charge in [0.05, 0.1) is 11.2 Å². The largest absolute Gasteiger partial charge is 0.351 e. The van der Waals surface area contributed by atoms with Gasteiger partial charge in [-0.25, -0.2) is 4.52 Å². The third-order valence-electron chi connectivity index (χ3n) is 4.54. The van der Waals surface area contributed by atoms with E-state index in [9.17, 15) is 9.59 Å². The lowest BCUT2D eigenvalue weighted by atomic mass is 10.1. The molecule has 0 radical (unpaired) electrons. The third kappa shape index (κ3) is 1.48. The first-order valence-electron chi connectivity index (χ1n) is 6.81. The highest BCUT2D eigenvalue weighted by atomic mass is 16.1. The van der Waals surface area contributed by atoms with Gasteiger partial charge in [0.15, 0.2) is 12.6 Å². The molecule has 0 aliphatic carbocycles. The minimum Gasteiger partial charge on any atom is -0.351 e. The fraction of sp³-hybridized carbons (Fsp3) is 0.312. The monoisotopic (exact) mass is 283 g/mol. The van der Waals surface area contributed by atoms with Gasteiger partial charge in [-0.05, 0) is 33.3 Å². The van der Waals surface area contributed by atoms with Crippen molar-refractivity contribution in [3.05, 3.63) is 33.9 Å². The molecule has 0 fully saturated rings. The smallest absolute Gasteiger partial charge is 0.168 e. The van der Waals surface area contributed by atoms with Crippen molar-refractivity contribution >= 4 is 28.9 Å². The van der Waals surface area contributed by atoms with Crippen LogP contribution in [-0.4, -0.2) is 26.8 Å². The van der Waals surface area contributed by atoms with Gasteiger partial charge < -0.3 is 4.57 Å². The fourth-order valence-electron chi connectivity index (χ4n) is 3.22. The maximum absolute atomic E-state index is 11.5. The second-order valence-corrected chi connectivity index (χ2v) is 5.49. The van der Waals surface area contributed by atoms with Gasteiger partial charge in [0.25, 0.3) is 0 Å². The van der Waals surface area contributed by atoms with Crippen molar-refractivity contribution in [3.8, 4) is 0 Å². The molecule has 0 saturated carbocycles. The van der Waals surface area contributed by atoms with Crippen LogP contribution in [0.2, 0.25) is 0 Å². The topological polar surface area (TPSA) is 56.4 Å². The predicted octanol–water partition coefficient (Wildman–Crippen LogP) is 2.68. The van der Waals surface area contributed by atoms with Crippen molar-refractivity contribution in [2.45, 2.75) is 27.7 Å². The Kier molecular flexibility index (Phi) is 2.76. The number of carbonyl (C=O) groups excluding carboxylic acids is 2. The van der Waals surface area contributed by atoms with Crippen LogP contribution in [0.3, 0.4) is 0 Å². The fourth-order valence-corrected chi connectivity index (χ4v) is 3.22. The van der Waals surface area contributed by atoms with E-state index < -0.39 is 0 Å². The van der Waals surface area contributed by atoms with Gasteiger partial charge in [0.2, 0.25) is 0 Å². The van der Waals surface area contributed by atoms with Crippen molar-refractivity contribution in [1.29, 1.82) is 0 Å². The molecule has 21 heavy (non-hydrogen) atoms. The van der Waals surface area contributed by atoms with Crippen molar-refractivity contribution in [1.82, 2.24) is 14.2 Å². The summed E-state index contributed by atoms with van der Waals surface area (Å²) < 4.78 is 3.70. The lowest BCUT2D eigenvalue weighted by Crippen LogP contribution is -2.00. The minimum absolute atomic E-state index is 0.443. The molecule has 0 aliphatic heterocycles. The van der Waals surface area contributed by atoms with Crippen LogP contribution in [0.1, 0.15) is 43.5 Å². The molecular weight excluding hydrogens is 266 g/mol. The number of carbonyl (C=O) groups is 2. The molecule has 0 saturated heterocycles. The lowest BCUT2D eigenvalue weighted by Gasteiger charge is -2.04. The number of hydrogen-bond acceptors (Lipinski definition) is 3. The van der Waals surface area contributed by atoms with Gasteiger partial charge in [-0.1, -0.05) is 0 Å². The number of fused-ring (bicyclic) bond motifs is 3. The summed E-state index contributed by atoms with van der Waals surface area (Å²) in [6.07, 6.45) is 1.58. The number of aromatic nitrogens is 3. The van der Waals surface area contributed by atoms with E-state index in [1.807, 2.05) is 27.8 Å². The van der Waals surface area contributed by atoms with E-state index in [1.165, 1.54) is 0 Å². The zero-order valence-corrected chi connectivity index (χ0v) is 12.8. The van der Waals surface area contributed by atoms with E-state index in [1.54, 1.807) is 11.4 Å². The molecule has 108 valence electrons. The first-order chi connectivity index (χ1) is 9.93. The molecular formula is C16H17N3O2. The van der Waals surface area contributed by atoms with Gasteiger partial charge in [0.1, 0.15) is 5.69 Å². The Labute approximate surface area is 122 Å². The Morgan fingerprint density at radius 2 is 1.57 bits per heavy atom. The molecule has 3 aromatic heterocycles. The second-order valence-electron chi connectivity index (χ2n) is 5.49. The van der Waals surface area contributed by atoms with Gasteiger partial charge in [-0.2, -0.15) is 5.10 Å². The molecule has 3 heterocycles. The average molecular weight is 283 g/mol. The molecule has 0 unspecified atom stereocenters. The van der Waals surface area contributed by atoms with Crippen LogP contribution in [0.25, 0.3) is 16.3 Å². The summed E-state index contributed by atoms with van der Waals surface area (Å²) in [7, 11) is 2.00. The lowest BCUT2D eigenvalue weighted by molar-refractivity contribution is 0.111. The van der Waals surface area contributed by atoms with Crippen LogP contribution in [0.4, 0.5) is 0 Å². The Morgan fingerprint density at radius 3 is 2.14 bits per heavy atom. The van der Waals surface area contributed by atoms with Crippen molar-refractivity contribution in [2.75, 3.05) is 0 Å². The number of nitrogens with zero attached hydrogens (tertiary/aromatic N) is 3. The number of aldehydes is 2. The van der Waals surface area contributed by atoms with Crippen LogP contribution >= 0.6 is 0 Å². The predicted molar refractivity (Wildman–Crippen MR) is 81.4 cm³/mol. The number of rotatable bonds is 2. The molecule has 0 atom stereocenters. The van der Waals surface area contributed by atoms with Crippen LogP contribution in [-0.2, 0) is 7.05 Å². The van der Waals surface area contributed by atoms with Crippen LogP contribution in [0, 0.1) is 27.7 Å². The van der Waals surface area contributed by atoms with E-state index in [2.05, 4.69) is 9.67 Å². The highest BCUT2D eigenvalue weighted by Crippen LogP contribution is 2.34. The SMILES string of the molecule is Cc1c(C=O)c2c3c(C)n(C)c(C)c3c(C)nn2c1C=O. The quantitative estimate of drug-likeness (QED) is 0.679. The first-order valence-corrected chi connectivity index (χ1v) is 6.81. The summed E-state index contributed by atoms with van der Waals surface area (Å²) >= 11 is 0. The molecule has 0 amide bonds. The normalized spacial score (nSPS) is 11.5. The minimum atomic E-state index is 0.443. The summed E-state index contributed by atoms with van der Waals surface area (Å²) in [5.41, 5.74) is 5.43. The maximum Gasteiger partial charge on any atom is 0.168 e. The molecule has 0 N–H and O–H groups in total. The van der Waals surface area contributed by atoms with Crippen LogP contribution in [0.5, 0.6) is 0 Å². The summed E-state index contributed by atoms with van der Waals surface area (Å²) in [6, 6.07) is 0. The highest BCUT2D eigenvalue weighted by molar-refractivity contribution is 6.09. The maximum atomic E-state index is 11.5. The molecule has 5 nitrogen and oxygen atoms in total. The molecule has 0 aliphatic rings. The Bertz CT molecular complexity index is 929. The second kappa shape index (κ2) is 4.28. The first kappa shape index (κ1) is 13.5. The highest BCUT2D eigenvalue weighted by Gasteiger charge is 2.22. The van der Waals surface area contributed by atoms with Crippen LogP contribution < -0.4 is 0 Å². The number of aryl methyl sites for hydroxylation is 3. The molecule has 0 spiro atoms. The van der Waals surface area contributed by atoms with Crippen molar-refractivity contribution in [2.24, 2.45) is 7.05 Å². The van der Waals surface area contributed by atoms with E-state index in [0.717, 1.165) is 45.9 Å². The molecule has 3 aromatic rings. The standard InChI is InChI=1S/C16H17N3O2/c1-8-12(6-20)16-15-11(4)18(5)10(3)14(15)9(2)17-19(16)13(8)7-21/h6-7H,1-5H3. The van der Waals surface area contributed by atoms with E-state index in [0.29, 0.717) is 16.8 Å². The Morgan fingerprint density at radius 1 is 0.952 bits per heavy atom. The molecule has 5 heteroatoms. The summed E-state index contributed by atoms with van der Waals surface area (Å²) in [5.74, 6) is 0. The van der Waals surface area contributed by atoms with Gasteiger partial charge in [-0.3, -0.25) is 9.59 Å². The Balaban J connectivity index is 2.76. The third-order valence-corrected chi connectivity index (χ3v) is 4.54. The van der Waals surface area contributed by atoms with Crippen molar-refractivity contribution in [3.63, 3.8) is 0 Å². The van der Waals surface area contributed by atoms with Gasteiger partial charge in [0, 0.05) is 34.8 Å². The van der Waals surface area contributed by atoms with Crippen molar-refractivity contribution < 1.29 is 9.59 Å². The zero-order valence-electron chi connectivity index (χ0n) is 12.8. The number of hydrogen-bond donors (Lipinski definition) is 0. The summed E-state index contributed by atoms with van der Waals surface area (Å²) in [6.45, 7) is 7.77.